The van der Waals surface area contributed by atoms with Crippen LogP contribution in [-0.4, -0.2) is 13.0 Å². The Morgan fingerprint density at radius 1 is 1.33 bits per heavy atom. The largest absolute Gasteiger partial charge is 0.495 e. The Morgan fingerprint density at radius 2 is 2.11 bits per heavy atom. The van der Waals surface area contributed by atoms with E-state index in [1.165, 1.54) is 11.3 Å². The summed E-state index contributed by atoms with van der Waals surface area (Å²) in [7, 11) is 1.57. The Hall–Kier alpha value is -0.850. The molecule has 0 unspecified atom stereocenters. The zero-order valence-corrected chi connectivity index (χ0v) is 13.4. The Kier molecular flexibility index (Phi) is 4.42. The van der Waals surface area contributed by atoms with Crippen molar-refractivity contribution in [1.29, 1.82) is 0 Å². The molecule has 0 fully saturated rings. The van der Waals surface area contributed by atoms with Crippen molar-refractivity contribution in [3.63, 3.8) is 0 Å². The van der Waals surface area contributed by atoms with E-state index in [4.69, 9.17) is 4.74 Å². The topological polar surface area (TPSA) is 38.3 Å². The van der Waals surface area contributed by atoms with Crippen molar-refractivity contribution in [2.24, 2.45) is 0 Å². The minimum Gasteiger partial charge on any atom is -0.495 e. The minimum absolute atomic E-state index is 0.159. The van der Waals surface area contributed by atoms with Gasteiger partial charge in [-0.05, 0) is 40.2 Å². The average molecular weight is 391 g/mol. The maximum absolute atomic E-state index is 12.0. The number of hydrogen-bond acceptors (Lipinski definition) is 3. The number of amides is 1. The molecule has 2 aromatic rings. The lowest BCUT2D eigenvalue weighted by Crippen LogP contribution is -2.11. The van der Waals surface area contributed by atoms with Crippen LogP contribution in [0.2, 0.25) is 0 Å². The third-order valence-corrected chi connectivity index (χ3v) is 4.24. The zero-order valence-electron chi connectivity index (χ0n) is 9.37. The van der Waals surface area contributed by atoms with Crippen LogP contribution < -0.4 is 10.1 Å². The van der Waals surface area contributed by atoms with Gasteiger partial charge in [-0.15, -0.1) is 11.3 Å². The molecular weight excluding hydrogens is 382 g/mol. The molecule has 6 heteroatoms. The number of thiophene rings is 1. The quantitative estimate of drug-likeness (QED) is 0.835. The zero-order chi connectivity index (χ0) is 13.1. The molecule has 18 heavy (non-hydrogen) atoms. The molecule has 0 aliphatic heterocycles. The van der Waals surface area contributed by atoms with Crippen molar-refractivity contribution in [3.05, 3.63) is 43.5 Å². The highest BCUT2D eigenvalue weighted by molar-refractivity contribution is 9.11. The van der Waals surface area contributed by atoms with Crippen LogP contribution in [0, 0.1) is 0 Å². The summed E-state index contributed by atoms with van der Waals surface area (Å²) in [6.45, 7) is 0. The van der Waals surface area contributed by atoms with Crippen molar-refractivity contribution in [3.8, 4) is 5.75 Å². The Labute approximate surface area is 125 Å². The van der Waals surface area contributed by atoms with E-state index in [0.29, 0.717) is 17.0 Å². The lowest BCUT2D eigenvalue weighted by molar-refractivity contribution is 0.102. The van der Waals surface area contributed by atoms with E-state index in [1.807, 2.05) is 6.07 Å². The number of ether oxygens (including phenoxy) is 1. The average Bonchev–Trinajstić information content (AvgIpc) is 2.76. The van der Waals surface area contributed by atoms with E-state index in [1.54, 1.807) is 30.7 Å². The van der Waals surface area contributed by atoms with Gasteiger partial charge in [-0.1, -0.05) is 15.9 Å². The molecule has 2 rings (SSSR count). The second kappa shape index (κ2) is 5.86. The maximum Gasteiger partial charge on any atom is 0.256 e. The molecule has 1 N–H and O–H groups in total. The summed E-state index contributed by atoms with van der Waals surface area (Å²) < 4.78 is 7.00. The highest BCUT2D eigenvalue weighted by atomic mass is 79.9. The van der Waals surface area contributed by atoms with Gasteiger partial charge in [0, 0.05) is 9.85 Å². The standard InChI is InChI=1S/C12H9Br2NO2S/c1-17-10-3-2-8(13)5-9(10)15-12(16)7-4-11(14)18-6-7/h2-6H,1H3,(H,15,16). The molecule has 0 aliphatic rings. The normalized spacial score (nSPS) is 10.2. The van der Waals surface area contributed by atoms with Crippen LogP contribution >= 0.6 is 43.2 Å². The van der Waals surface area contributed by atoms with E-state index < -0.39 is 0 Å². The van der Waals surface area contributed by atoms with Crippen LogP contribution in [0.15, 0.2) is 37.9 Å². The SMILES string of the molecule is COc1ccc(Br)cc1NC(=O)c1csc(Br)c1. The first-order valence-electron chi connectivity index (χ1n) is 4.99. The molecule has 0 spiro atoms. The number of hydrogen-bond donors (Lipinski definition) is 1. The van der Waals surface area contributed by atoms with E-state index in [2.05, 4.69) is 37.2 Å². The predicted octanol–water partition coefficient (Wildman–Crippen LogP) is 4.53. The molecule has 0 saturated heterocycles. The first-order chi connectivity index (χ1) is 8.60. The number of carbonyl (C=O) groups is 1. The lowest BCUT2D eigenvalue weighted by atomic mass is 10.2. The summed E-state index contributed by atoms with van der Waals surface area (Å²) in [6, 6.07) is 7.24. The van der Waals surface area contributed by atoms with Gasteiger partial charge < -0.3 is 10.1 Å². The fourth-order valence-corrected chi connectivity index (χ4v) is 2.90. The minimum atomic E-state index is -0.159. The first kappa shape index (κ1) is 13.6. The fourth-order valence-electron chi connectivity index (χ4n) is 1.40. The van der Waals surface area contributed by atoms with Gasteiger partial charge in [-0.2, -0.15) is 0 Å². The number of carbonyl (C=O) groups excluding carboxylic acids is 1. The molecule has 1 heterocycles. The van der Waals surface area contributed by atoms with Gasteiger partial charge in [0.05, 0.1) is 22.1 Å². The van der Waals surface area contributed by atoms with Gasteiger partial charge in [0.25, 0.3) is 5.91 Å². The second-order valence-electron chi connectivity index (χ2n) is 3.44. The molecular formula is C12H9Br2NO2S. The third-order valence-electron chi connectivity index (χ3n) is 2.24. The summed E-state index contributed by atoms with van der Waals surface area (Å²) in [6.07, 6.45) is 0. The van der Waals surface area contributed by atoms with E-state index in [9.17, 15) is 4.79 Å². The summed E-state index contributed by atoms with van der Waals surface area (Å²) in [5.74, 6) is 0.467. The van der Waals surface area contributed by atoms with Gasteiger partial charge in [-0.3, -0.25) is 4.79 Å². The van der Waals surface area contributed by atoms with E-state index in [0.717, 1.165) is 8.26 Å². The molecule has 3 nitrogen and oxygen atoms in total. The number of anilines is 1. The molecule has 0 aliphatic carbocycles. The number of methoxy groups -OCH3 is 1. The van der Waals surface area contributed by atoms with Crippen LogP contribution in [0.25, 0.3) is 0 Å². The summed E-state index contributed by atoms with van der Waals surface area (Å²) in [4.78, 5) is 12.0. The molecule has 94 valence electrons. The Balaban J connectivity index is 2.23. The molecule has 1 amide bonds. The molecule has 0 bridgehead atoms. The predicted molar refractivity (Wildman–Crippen MR) is 80.7 cm³/mol. The molecule has 1 aromatic carbocycles. The van der Waals surface area contributed by atoms with Gasteiger partial charge in [0.2, 0.25) is 0 Å². The number of nitrogens with one attached hydrogen (secondary N) is 1. The van der Waals surface area contributed by atoms with Gasteiger partial charge >= 0.3 is 0 Å². The van der Waals surface area contributed by atoms with Crippen LogP contribution in [-0.2, 0) is 0 Å². The van der Waals surface area contributed by atoms with Crippen molar-refractivity contribution in [1.82, 2.24) is 0 Å². The molecule has 1 aromatic heterocycles. The van der Waals surface area contributed by atoms with Crippen LogP contribution in [0.5, 0.6) is 5.75 Å². The Bertz CT molecular complexity index is 583. The van der Waals surface area contributed by atoms with Crippen molar-refractivity contribution < 1.29 is 9.53 Å². The summed E-state index contributed by atoms with van der Waals surface area (Å²) in [5.41, 5.74) is 1.26. The number of halogens is 2. The first-order valence-corrected chi connectivity index (χ1v) is 7.45. The van der Waals surface area contributed by atoms with Gasteiger partial charge in [0.1, 0.15) is 5.75 Å². The fraction of sp³-hybridized carbons (Fsp3) is 0.0833. The van der Waals surface area contributed by atoms with Crippen molar-refractivity contribution in [2.75, 3.05) is 12.4 Å². The summed E-state index contributed by atoms with van der Waals surface area (Å²) >= 11 is 8.17. The monoisotopic (exact) mass is 389 g/mol. The van der Waals surface area contributed by atoms with E-state index in [-0.39, 0.29) is 5.91 Å². The van der Waals surface area contributed by atoms with E-state index >= 15 is 0 Å². The van der Waals surface area contributed by atoms with Crippen LogP contribution in [0.3, 0.4) is 0 Å². The molecule has 0 radical (unpaired) electrons. The van der Waals surface area contributed by atoms with Gasteiger partial charge in [0.15, 0.2) is 0 Å². The maximum atomic E-state index is 12.0. The second-order valence-corrected chi connectivity index (χ2v) is 6.64. The third kappa shape index (κ3) is 3.13. The van der Waals surface area contributed by atoms with Crippen LogP contribution in [0.4, 0.5) is 5.69 Å². The van der Waals surface area contributed by atoms with Crippen molar-refractivity contribution in [2.45, 2.75) is 0 Å². The highest BCUT2D eigenvalue weighted by Gasteiger charge is 2.11. The number of rotatable bonds is 3. The number of benzene rings is 1. The van der Waals surface area contributed by atoms with Crippen LogP contribution in [0.1, 0.15) is 10.4 Å². The van der Waals surface area contributed by atoms with Gasteiger partial charge in [-0.25, -0.2) is 0 Å². The molecule has 0 atom stereocenters. The highest BCUT2D eigenvalue weighted by Crippen LogP contribution is 2.29. The molecule has 0 saturated carbocycles. The summed E-state index contributed by atoms with van der Waals surface area (Å²) in [5, 5.41) is 4.62. The lowest BCUT2D eigenvalue weighted by Gasteiger charge is -2.09. The van der Waals surface area contributed by atoms with Crippen molar-refractivity contribution >= 4 is 54.8 Å². The Morgan fingerprint density at radius 3 is 2.72 bits per heavy atom. The smallest absolute Gasteiger partial charge is 0.256 e.